The average Bonchev–Trinajstić information content (AvgIpc) is 3.26. The molecule has 0 spiro atoms. The first-order valence-corrected chi connectivity index (χ1v) is 11.8. The molecule has 0 aromatic rings. The third kappa shape index (κ3) is 8.93. The number of thiol groups is 1. The third-order valence-electron chi connectivity index (χ3n) is 5.50. The van der Waals surface area contributed by atoms with E-state index >= 15 is 0 Å². The number of carboxylic acids is 1. The van der Waals surface area contributed by atoms with Gasteiger partial charge in [-0.2, -0.15) is 12.6 Å². The van der Waals surface area contributed by atoms with E-state index in [0.29, 0.717) is 58.2 Å². The highest BCUT2D eigenvalue weighted by molar-refractivity contribution is 7.80. The molecule has 1 fully saturated rings. The highest BCUT2D eigenvalue weighted by Crippen LogP contribution is 2.20. The molecule has 1 aliphatic heterocycles. The van der Waals surface area contributed by atoms with Crippen molar-refractivity contribution in [1.29, 1.82) is 0 Å². The van der Waals surface area contributed by atoms with Crippen LogP contribution in [0.3, 0.4) is 0 Å². The van der Waals surface area contributed by atoms with Crippen molar-refractivity contribution in [3.63, 3.8) is 0 Å². The fourth-order valence-corrected chi connectivity index (χ4v) is 3.88. The van der Waals surface area contributed by atoms with Crippen molar-refractivity contribution in [1.82, 2.24) is 15.5 Å². The summed E-state index contributed by atoms with van der Waals surface area (Å²) in [5.74, 6) is -2.64. The van der Waals surface area contributed by atoms with Gasteiger partial charge in [0, 0.05) is 12.3 Å². The van der Waals surface area contributed by atoms with Gasteiger partial charge in [-0.05, 0) is 58.0 Å². The molecule has 0 aromatic heterocycles. The zero-order valence-electron chi connectivity index (χ0n) is 18.5. The van der Waals surface area contributed by atoms with Gasteiger partial charge in [0.1, 0.15) is 18.1 Å². The summed E-state index contributed by atoms with van der Waals surface area (Å²) in [5, 5.41) is 14.3. The molecule has 0 saturated carbocycles. The number of hydrogen-bond acceptors (Lipinski definition) is 8. The van der Waals surface area contributed by atoms with Crippen LogP contribution in [-0.4, -0.2) is 83.3 Å². The van der Waals surface area contributed by atoms with Crippen molar-refractivity contribution in [2.75, 3.05) is 25.4 Å². The Morgan fingerprint density at radius 2 is 1.62 bits per heavy atom. The van der Waals surface area contributed by atoms with Crippen LogP contribution >= 0.6 is 12.6 Å². The highest BCUT2D eigenvalue weighted by atomic mass is 32.1. The lowest BCUT2D eigenvalue weighted by Gasteiger charge is -2.28. The second kappa shape index (κ2) is 15.0. The Balaban J connectivity index is 2.82. The Hall–Kier alpha value is -1.89. The molecular weight excluding hydrogens is 436 g/mol. The van der Waals surface area contributed by atoms with Crippen LogP contribution in [0.2, 0.25) is 0 Å². The average molecular weight is 475 g/mol. The molecule has 1 heterocycles. The van der Waals surface area contributed by atoms with Gasteiger partial charge >= 0.3 is 5.97 Å². The lowest BCUT2D eigenvalue weighted by molar-refractivity contribution is -0.142. The van der Waals surface area contributed by atoms with Gasteiger partial charge in [0.25, 0.3) is 0 Å². The molecule has 9 N–H and O–H groups in total. The molecule has 11 nitrogen and oxygen atoms in total. The van der Waals surface area contributed by atoms with Crippen molar-refractivity contribution in [3.05, 3.63) is 0 Å². The number of nitrogens with zero attached hydrogens (tertiary/aromatic N) is 1. The van der Waals surface area contributed by atoms with Crippen molar-refractivity contribution in [3.8, 4) is 0 Å². The van der Waals surface area contributed by atoms with Crippen LogP contribution in [0.25, 0.3) is 0 Å². The molecular formula is C20H38N6O5S. The first-order valence-electron chi connectivity index (χ1n) is 11.2. The van der Waals surface area contributed by atoms with Crippen LogP contribution < -0.4 is 27.8 Å². The minimum absolute atomic E-state index is 0.0858. The second-order valence-corrected chi connectivity index (χ2v) is 8.37. The number of hydrogen-bond donors (Lipinski definition) is 7. The first kappa shape index (κ1) is 28.1. The predicted octanol–water partition coefficient (Wildman–Crippen LogP) is -1.45. The fraction of sp³-hybridized carbons (Fsp3) is 0.800. The summed E-state index contributed by atoms with van der Waals surface area (Å²) in [5.41, 5.74) is 17.0. The molecule has 184 valence electrons. The van der Waals surface area contributed by atoms with E-state index in [0.717, 1.165) is 12.8 Å². The lowest BCUT2D eigenvalue weighted by Crippen LogP contribution is -2.56. The molecule has 4 unspecified atom stereocenters. The molecule has 4 atom stereocenters. The van der Waals surface area contributed by atoms with E-state index in [2.05, 4.69) is 23.3 Å². The largest absolute Gasteiger partial charge is 0.480 e. The van der Waals surface area contributed by atoms with E-state index in [1.54, 1.807) is 0 Å². The fourth-order valence-electron chi connectivity index (χ4n) is 3.64. The molecule has 3 amide bonds. The molecule has 1 saturated heterocycles. The Morgan fingerprint density at radius 1 is 1.00 bits per heavy atom. The summed E-state index contributed by atoms with van der Waals surface area (Å²) in [6, 6.07) is -3.53. The van der Waals surface area contributed by atoms with Gasteiger partial charge in [0.15, 0.2) is 0 Å². The van der Waals surface area contributed by atoms with E-state index in [4.69, 9.17) is 22.3 Å². The zero-order chi connectivity index (χ0) is 24.1. The molecule has 0 radical (unpaired) electrons. The van der Waals surface area contributed by atoms with Gasteiger partial charge in [-0.1, -0.05) is 6.42 Å². The molecule has 1 aliphatic rings. The Kier molecular flexibility index (Phi) is 13.2. The maximum Gasteiger partial charge on any atom is 0.327 e. The van der Waals surface area contributed by atoms with E-state index in [1.165, 1.54) is 4.90 Å². The highest BCUT2D eigenvalue weighted by Gasteiger charge is 2.37. The smallest absolute Gasteiger partial charge is 0.327 e. The number of rotatable bonds is 15. The Bertz CT molecular complexity index is 638. The van der Waals surface area contributed by atoms with Crippen molar-refractivity contribution in [2.24, 2.45) is 17.2 Å². The number of likely N-dealkylation sites (tertiary alicyclic amines) is 1. The quantitative estimate of drug-likeness (QED) is 0.111. The van der Waals surface area contributed by atoms with Gasteiger partial charge in [-0.3, -0.25) is 14.4 Å². The summed E-state index contributed by atoms with van der Waals surface area (Å²) >= 11 is 3.95. The van der Waals surface area contributed by atoms with Crippen molar-refractivity contribution < 1.29 is 24.3 Å². The van der Waals surface area contributed by atoms with E-state index in [-0.39, 0.29) is 11.7 Å². The van der Waals surface area contributed by atoms with Crippen LogP contribution in [0.4, 0.5) is 0 Å². The van der Waals surface area contributed by atoms with Gasteiger partial charge in [-0.25, -0.2) is 4.79 Å². The standard InChI is InChI=1S/C20H38N6O5S/c21-9-3-1-6-13(23)19(29)26-11-5-8-16(26)18(28)24-14(7-2-4-10-22)17(27)25-15(12-32)20(30)31/h13-16,32H,1-12,21-23H2,(H,24,28)(H,25,27)(H,30,31). The number of unbranched alkanes of at least 4 members (excludes halogenated alkanes) is 2. The summed E-state index contributed by atoms with van der Waals surface area (Å²) in [6.07, 6.45) is 4.65. The van der Waals surface area contributed by atoms with Crippen LogP contribution in [-0.2, 0) is 19.2 Å². The maximum atomic E-state index is 13.0. The molecule has 0 aromatic carbocycles. The third-order valence-corrected chi connectivity index (χ3v) is 5.87. The van der Waals surface area contributed by atoms with Crippen LogP contribution in [0.5, 0.6) is 0 Å². The number of amides is 3. The van der Waals surface area contributed by atoms with Gasteiger partial charge < -0.3 is 37.8 Å². The van der Waals surface area contributed by atoms with E-state index < -0.39 is 42.0 Å². The minimum Gasteiger partial charge on any atom is -0.480 e. The first-order chi connectivity index (χ1) is 15.3. The lowest BCUT2D eigenvalue weighted by atomic mass is 10.1. The summed E-state index contributed by atoms with van der Waals surface area (Å²) in [6.45, 7) is 1.38. The topological polar surface area (TPSA) is 194 Å². The molecule has 1 rings (SSSR count). The number of carbonyl (C=O) groups is 4. The maximum absolute atomic E-state index is 13.0. The van der Waals surface area contributed by atoms with Crippen molar-refractivity contribution >= 4 is 36.3 Å². The second-order valence-electron chi connectivity index (χ2n) is 8.01. The molecule has 0 bridgehead atoms. The van der Waals surface area contributed by atoms with Crippen molar-refractivity contribution in [2.45, 2.75) is 75.5 Å². The zero-order valence-corrected chi connectivity index (χ0v) is 19.4. The normalized spacial score (nSPS) is 18.6. The van der Waals surface area contributed by atoms with E-state index in [9.17, 15) is 19.2 Å². The van der Waals surface area contributed by atoms with Crippen LogP contribution in [0.1, 0.15) is 51.4 Å². The van der Waals surface area contributed by atoms with Gasteiger partial charge in [0.05, 0.1) is 6.04 Å². The summed E-state index contributed by atoms with van der Waals surface area (Å²) in [7, 11) is 0. The molecule has 12 heteroatoms. The van der Waals surface area contributed by atoms with Crippen LogP contribution in [0.15, 0.2) is 0 Å². The number of carbonyl (C=O) groups excluding carboxylic acids is 3. The van der Waals surface area contributed by atoms with Gasteiger partial charge in [-0.15, -0.1) is 0 Å². The number of aliphatic carboxylic acids is 1. The Labute approximate surface area is 194 Å². The Morgan fingerprint density at radius 3 is 2.19 bits per heavy atom. The molecule has 0 aliphatic carbocycles. The summed E-state index contributed by atoms with van der Waals surface area (Å²) in [4.78, 5) is 51.1. The van der Waals surface area contributed by atoms with Gasteiger partial charge in [0.2, 0.25) is 17.7 Å². The monoisotopic (exact) mass is 474 g/mol. The number of nitrogens with two attached hydrogens (primary N) is 3. The minimum atomic E-state index is -1.21. The van der Waals surface area contributed by atoms with Crippen LogP contribution in [0, 0.1) is 0 Å². The SMILES string of the molecule is NCCCCC(N)C(=O)N1CCCC1C(=O)NC(CCCCN)C(=O)NC(CS)C(=O)O. The summed E-state index contributed by atoms with van der Waals surface area (Å²) < 4.78 is 0. The predicted molar refractivity (Wildman–Crippen MR) is 124 cm³/mol. The number of carboxylic acid groups (broad SMARTS) is 1. The number of nitrogens with one attached hydrogen (secondary N) is 2. The molecule has 32 heavy (non-hydrogen) atoms. The van der Waals surface area contributed by atoms with E-state index in [1.807, 2.05) is 0 Å².